The zero-order valence-corrected chi connectivity index (χ0v) is 9.83. The van der Waals surface area contributed by atoms with Crippen LogP contribution in [0.15, 0.2) is 36.4 Å². The van der Waals surface area contributed by atoms with Gasteiger partial charge in [0.1, 0.15) is 11.6 Å². The number of methoxy groups -OCH3 is 1. The Labute approximate surface area is 99.8 Å². The number of halogens is 1. The van der Waals surface area contributed by atoms with Crippen molar-refractivity contribution in [2.75, 3.05) is 12.8 Å². The van der Waals surface area contributed by atoms with Crippen LogP contribution in [0.4, 0.5) is 10.1 Å². The average molecular weight is 231 g/mol. The molecule has 2 aromatic rings. The van der Waals surface area contributed by atoms with Crippen LogP contribution in [0.25, 0.3) is 11.1 Å². The van der Waals surface area contributed by atoms with Crippen LogP contribution in [-0.4, -0.2) is 7.11 Å². The molecule has 88 valence electrons. The molecule has 2 aromatic carbocycles. The first-order valence-corrected chi connectivity index (χ1v) is 5.31. The third-order valence-corrected chi connectivity index (χ3v) is 2.59. The SMILES string of the molecule is COc1ccc(-c2cc(C)cc(N)c2)c(F)c1. The standard InChI is InChI=1S/C14H14FNO/c1-9-5-10(7-11(16)6-9)13-4-3-12(17-2)8-14(13)15/h3-8H,16H2,1-2H3. The lowest BCUT2D eigenvalue weighted by Crippen LogP contribution is -1.91. The van der Waals surface area contributed by atoms with E-state index in [4.69, 9.17) is 10.5 Å². The molecule has 0 radical (unpaired) electrons. The van der Waals surface area contributed by atoms with Gasteiger partial charge in [0, 0.05) is 17.3 Å². The van der Waals surface area contributed by atoms with Crippen LogP contribution in [0.5, 0.6) is 5.75 Å². The van der Waals surface area contributed by atoms with Crippen molar-refractivity contribution < 1.29 is 9.13 Å². The molecule has 0 amide bonds. The van der Waals surface area contributed by atoms with Gasteiger partial charge < -0.3 is 10.5 Å². The minimum Gasteiger partial charge on any atom is -0.497 e. The third kappa shape index (κ3) is 2.38. The van der Waals surface area contributed by atoms with Gasteiger partial charge in [-0.1, -0.05) is 6.07 Å². The number of aryl methyl sites for hydroxylation is 1. The van der Waals surface area contributed by atoms with E-state index in [1.54, 1.807) is 18.2 Å². The molecule has 2 rings (SSSR count). The second kappa shape index (κ2) is 4.45. The molecular weight excluding hydrogens is 217 g/mol. The zero-order chi connectivity index (χ0) is 12.4. The quantitative estimate of drug-likeness (QED) is 0.804. The van der Waals surface area contributed by atoms with Crippen molar-refractivity contribution in [3.8, 4) is 16.9 Å². The second-order valence-electron chi connectivity index (χ2n) is 3.98. The van der Waals surface area contributed by atoms with Gasteiger partial charge >= 0.3 is 0 Å². The topological polar surface area (TPSA) is 35.2 Å². The van der Waals surface area contributed by atoms with E-state index < -0.39 is 0 Å². The van der Waals surface area contributed by atoms with Gasteiger partial charge in [-0.05, 0) is 42.3 Å². The molecule has 0 aliphatic rings. The first kappa shape index (κ1) is 11.5. The van der Waals surface area contributed by atoms with E-state index in [1.165, 1.54) is 13.2 Å². The number of ether oxygens (including phenoxy) is 1. The number of rotatable bonds is 2. The van der Waals surface area contributed by atoms with Gasteiger partial charge in [0.05, 0.1) is 7.11 Å². The van der Waals surface area contributed by atoms with Gasteiger partial charge in [0.25, 0.3) is 0 Å². The molecule has 0 bridgehead atoms. The third-order valence-electron chi connectivity index (χ3n) is 2.59. The minimum absolute atomic E-state index is 0.311. The summed E-state index contributed by atoms with van der Waals surface area (Å²) in [5.74, 6) is 0.196. The van der Waals surface area contributed by atoms with E-state index in [2.05, 4.69) is 0 Å². The summed E-state index contributed by atoms with van der Waals surface area (Å²) in [6.07, 6.45) is 0. The van der Waals surface area contributed by atoms with Crippen LogP contribution in [0, 0.1) is 12.7 Å². The lowest BCUT2D eigenvalue weighted by Gasteiger charge is -2.08. The summed E-state index contributed by atoms with van der Waals surface area (Å²) in [7, 11) is 1.51. The minimum atomic E-state index is -0.311. The number of hydrogen-bond donors (Lipinski definition) is 1. The summed E-state index contributed by atoms with van der Waals surface area (Å²) in [6.45, 7) is 1.93. The maximum atomic E-state index is 13.9. The highest BCUT2D eigenvalue weighted by Gasteiger charge is 2.07. The molecule has 3 heteroatoms. The highest BCUT2D eigenvalue weighted by atomic mass is 19.1. The van der Waals surface area contributed by atoms with Gasteiger partial charge in [-0.15, -0.1) is 0 Å². The molecule has 17 heavy (non-hydrogen) atoms. The Morgan fingerprint density at radius 2 is 1.88 bits per heavy atom. The van der Waals surface area contributed by atoms with Crippen molar-refractivity contribution in [1.29, 1.82) is 0 Å². The van der Waals surface area contributed by atoms with Gasteiger partial charge in [-0.25, -0.2) is 4.39 Å². The summed E-state index contributed by atoms with van der Waals surface area (Å²) < 4.78 is 18.8. The molecular formula is C14H14FNO. The Bertz CT molecular complexity index is 532. The van der Waals surface area contributed by atoms with Crippen LogP contribution in [-0.2, 0) is 0 Å². The van der Waals surface area contributed by atoms with Crippen LogP contribution in [0.1, 0.15) is 5.56 Å². The van der Waals surface area contributed by atoms with Crippen molar-refractivity contribution in [1.82, 2.24) is 0 Å². The Morgan fingerprint density at radius 1 is 1.12 bits per heavy atom. The molecule has 2 N–H and O–H groups in total. The number of nitrogens with two attached hydrogens (primary N) is 1. The van der Waals surface area contributed by atoms with Crippen LogP contribution < -0.4 is 10.5 Å². The molecule has 0 unspecified atom stereocenters. The number of hydrogen-bond acceptors (Lipinski definition) is 2. The molecule has 0 saturated carbocycles. The van der Waals surface area contributed by atoms with Gasteiger partial charge in [-0.3, -0.25) is 0 Å². The van der Waals surface area contributed by atoms with Crippen LogP contribution >= 0.6 is 0 Å². The van der Waals surface area contributed by atoms with E-state index in [1.807, 2.05) is 19.1 Å². The van der Waals surface area contributed by atoms with Crippen LogP contribution in [0.3, 0.4) is 0 Å². The smallest absolute Gasteiger partial charge is 0.134 e. The van der Waals surface area contributed by atoms with Gasteiger partial charge in [0.2, 0.25) is 0 Å². The summed E-state index contributed by atoms with van der Waals surface area (Å²) >= 11 is 0. The maximum absolute atomic E-state index is 13.9. The van der Waals surface area contributed by atoms with Crippen molar-refractivity contribution in [2.45, 2.75) is 6.92 Å². The molecule has 0 aliphatic heterocycles. The molecule has 0 atom stereocenters. The number of anilines is 1. The average Bonchev–Trinajstić information content (AvgIpc) is 2.27. The normalized spacial score (nSPS) is 10.3. The number of nitrogen functional groups attached to an aromatic ring is 1. The van der Waals surface area contributed by atoms with E-state index in [0.29, 0.717) is 17.0 Å². The fourth-order valence-electron chi connectivity index (χ4n) is 1.83. The Kier molecular flexibility index (Phi) is 3.00. The molecule has 0 saturated heterocycles. The van der Waals surface area contributed by atoms with Crippen molar-refractivity contribution in [3.63, 3.8) is 0 Å². The lowest BCUT2D eigenvalue weighted by atomic mass is 10.0. The Hall–Kier alpha value is -2.03. The van der Waals surface area contributed by atoms with Crippen molar-refractivity contribution in [3.05, 3.63) is 47.8 Å². The second-order valence-corrected chi connectivity index (χ2v) is 3.98. The molecule has 0 heterocycles. The fraction of sp³-hybridized carbons (Fsp3) is 0.143. The maximum Gasteiger partial charge on any atom is 0.134 e. The molecule has 0 aliphatic carbocycles. The highest BCUT2D eigenvalue weighted by Crippen LogP contribution is 2.28. The fourth-order valence-corrected chi connectivity index (χ4v) is 1.83. The predicted molar refractivity (Wildman–Crippen MR) is 67.5 cm³/mol. The van der Waals surface area contributed by atoms with E-state index in [0.717, 1.165) is 11.1 Å². The lowest BCUT2D eigenvalue weighted by molar-refractivity contribution is 0.411. The number of benzene rings is 2. The van der Waals surface area contributed by atoms with E-state index in [9.17, 15) is 4.39 Å². The van der Waals surface area contributed by atoms with Gasteiger partial charge in [0.15, 0.2) is 0 Å². The summed E-state index contributed by atoms with van der Waals surface area (Å²) in [4.78, 5) is 0. The summed E-state index contributed by atoms with van der Waals surface area (Å²) in [6, 6.07) is 10.3. The summed E-state index contributed by atoms with van der Waals surface area (Å²) in [5, 5.41) is 0. The first-order chi connectivity index (χ1) is 8.10. The monoisotopic (exact) mass is 231 g/mol. The largest absolute Gasteiger partial charge is 0.497 e. The molecule has 0 spiro atoms. The molecule has 0 fully saturated rings. The first-order valence-electron chi connectivity index (χ1n) is 5.31. The van der Waals surface area contributed by atoms with Gasteiger partial charge in [-0.2, -0.15) is 0 Å². The van der Waals surface area contributed by atoms with Crippen molar-refractivity contribution in [2.24, 2.45) is 0 Å². The van der Waals surface area contributed by atoms with Crippen LogP contribution in [0.2, 0.25) is 0 Å². The Balaban J connectivity index is 2.52. The molecule has 0 aromatic heterocycles. The van der Waals surface area contributed by atoms with E-state index >= 15 is 0 Å². The highest BCUT2D eigenvalue weighted by molar-refractivity contribution is 5.69. The van der Waals surface area contributed by atoms with Crippen molar-refractivity contribution >= 4 is 5.69 Å². The summed E-state index contributed by atoms with van der Waals surface area (Å²) in [5.41, 5.74) is 8.71. The molecule has 2 nitrogen and oxygen atoms in total. The Morgan fingerprint density at radius 3 is 2.47 bits per heavy atom. The van der Waals surface area contributed by atoms with E-state index in [-0.39, 0.29) is 5.82 Å². The zero-order valence-electron chi connectivity index (χ0n) is 9.83. The predicted octanol–water partition coefficient (Wildman–Crippen LogP) is 3.39.